The molecule has 0 saturated heterocycles. The van der Waals surface area contributed by atoms with Crippen molar-refractivity contribution in [2.75, 3.05) is 28.4 Å². The van der Waals surface area contributed by atoms with Gasteiger partial charge in [-0.05, 0) is 6.92 Å². The highest BCUT2D eigenvalue weighted by Crippen LogP contribution is 2.32. The first-order valence-corrected chi connectivity index (χ1v) is 4.99. The lowest BCUT2D eigenvalue weighted by Crippen LogP contribution is -2.52. The minimum atomic E-state index is -2.44. The zero-order valence-electron chi connectivity index (χ0n) is 11.1. The summed E-state index contributed by atoms with van der Waals surface area (Å²) >= 11 is 0. The second-order valence-corrected chi connectivity index (χ2v) is 3.43. The Balaban J connectivity index is 5.89. The van der Waals surface area contributed by atoms with E-state index in [1.165, 1.54) is 0 Å². The molecule has 0 aliphatic carbocycles. The fourth-order valence-corrected chi connectivity index (χ4v) is 1.42. The predicted octanol–water partition coefficient (Wildman–Crippen LogP) is -0.885. The second-order valence-electron chi connectivity index (χ2n) is 3.43. The Morgan fingerprint density at radius 2 is 1.11 bits per heavy atom. The molecule has 0 atom stereocenters. The predicted molar refractivity (Wildman–Crippen MR) is 59.3 cm³/mol. The summed E-state index contributed by atoms with van der Waals surface area (Å²) in [6, 6.07) is 0. The molecule has 1 radical (unpaired) electrons. The van der Waals surface area contributed by atoms with E-state index in [1.807, 2.05) is 0 Å². The van der Waals surface area contributed by atoms with E-state index in [0.29, 0.717) is 0 Å². The van der Waals surface area contributed by atoms with Gasteiger partial charge in [0.2, 0.25) is 0 Å². The van der Waals surface area contributed by atoms with Crippen molar-refractivity contribution >= 4 is 23.9 Å². The number of hydrogen-bond donors (Lipinski definition) is 0. The van der Waals surface area contributed by atoms with Crippen LogP contribution >= 0.6 is 0 Å². The lowest BCUT2D eigenvalue weighted by atomic mass is 9.76. The summed E-state index contributed by atoms with van der Waals surface area (Å²) in [5.74, 6) is -6.71. The molecule has 8 nitrogen and oxygen atoms in total. The van der Waals surface area contributed by atoms with Crippen LogP contribution in [-0.2, 0) is 38.1 Å². The largest absolute Gasteiger partial charge is 0.468 e. The zero-order valence-corrected chi connectivity index (χ0v) is 11.1. The van der Waals surface area contributed by atoms with Gasteiger partial charge in [0.05, 0.1) is 28.4 Å². The highest BCUT2D eigenvalue weighted by molar-refractivity contribution is 6.11. The number of carbonyl (C=O) groups excluding carboxylic acids is 4. The van der Waals surface area contributed by atoms with Crippen molar-refractivity contribution < 1.29 is 38.1 Å². The van der Waals surface area contributed by atoms with Crippen molar-refractivity contribution in [3.05, 3.63) is 6.92 Å². The van der Waals surface area contributed by atoms with Gasteiger partial charge in [0.25, 0.3) is 0 Å². The molecule has 0 amide bonds. The lowest BCUT2D eigenvalue weighted by Gasteiger charge is -2.28. The molecule has 8 heteroatoms. The van der Waals surface area contributed by atoms with Crippen LogP contribution in [0.15, 0.2) is 0 Å². The van der Waals surface area contributed by atoms with Gasteiger partial charge in [-0.3, -0.25) is 19.2 Å². The molecule has 0 bridgehead atoms. The third-order valence-corrected chi connectivity index (χ3v) is 2.47. The summed E-state index contributed by atoms with van der Waals surface area (Å²) in [7, 11) is 3.90. The minimum absolute atomic E-state index is 0.969. The van der Waals surface area contributed by atoms with E-state index in [-0.39, 0.29) is 0 Å². The third-order valence-electron chi connectivity index (χ3n) is 2.47. The van der Waals surface area contributed by atoms with Crippen molar-refractivity contribution in [1.82, 2.24) is 0 Å². The Bertz CT molecular complexity index is 354. The molecular weight excluding hydrogens is 260 g/mol. The van der Waals surface area contributed by atoms with Gasteiger partial charge >= 0.3 is 23.9 Å². The van der Waals surface area contributed by atoms with E-state index >= 15 is 0 Å². The van der Waals surface area contributed by atoms with Gasteiger partial charge in [0, 0.05) is 0 Å². The van der Waals surface area contributed by atoms with Crippen LogP contribution in [-0.4, -0.2) is 52.3 Å². The number of methoxy groups -OCH3 is 4. The van der Waals surface area contributed by atoms with Crippen LogP contribution in [0, 0.1) is 18.3 Å². The Labute approximate surface area is 109 Å². The SMILES string of the molecule is [CH2]C(C(=O)OC)(C(=O)OC)C(C(=O)OC)C(=O)OC. The van der Waals surface area contributed by atoms with Gasteiger partial charge in [-0.15, -0.1) is 0 Å². The van der Waals surface area contributed by atoms with Gasteiger partial charge in [-0.1, -0.05) is 0 Å². The summed E-state index contributed by atoms with van der Waals surface area (Å²) in [5, 5.41) is 0. The van der Waals surface area contributed by atoms with Crippen molar-refractivity contribution in [3.8, 4) is 0 Å². The Morgan fingerprint density at radius 1 is 0.789 bits per heavy atom. The molecule has 0 rings (SSSR count). The van der Waals surface area contributed by atoms with Crippen molar-refractivity contribution in [1.29, 1.82) is 0 Å². The monoisotopic (exact) mass is 275 g/mol. The van der Waals surface area contributed by atoms with E-state index in [0.717, 1.165) is 28.4 Å². The van der Waals surface area contributed by atoms with E-state index in [1.54, 1.807) is 0 Å². The van der Waals surface area contributed by atoms with Gasteiger partial charge in [0.1, 0.15) is 0 Å². The highest BCUT2D eigenvalue weighted by Gasteiger charge is 2.58. The summed E-state index contributed by atoms with van der Waals surface area (Å²) in [4.78, 5) is 46.7. The van der Waals surface area contributed by atoms with Gasteiger partial charge in [0.15, 0.2) is 11.3 Å². The van der Waals surface area contributed by atoms with E-state index in [2.05, 4.69) is 25.9 Å². The van der Waals surface area contributed by atoms with E-state index < -0.39 is 35.2 Å². The van der Waals surface area contributed by atoms with Gasteiger partial charge < -0.3 is 18.9 Å². The Morgan fingerprint density at radius 3 is 1.32 bits per heavy atom. The summed E-state index contributed by atoms with van der Waals surface area (Å²) < 4.78 is 17.5. The average molecular weight is 275 g/mol. The molecule has 19 heavy (non-hydrogen) atoms. The second kappa shape index (κ2) is 6.72. The first-order valence-electron chi connectivity index (χ1n) is 4.99. The van der Waals surface area contributed by atoms with Crippen LogP contribution in [0.4, 0.5) is 0 Å². The number of hydrogen-bond acceptors (Lipinski definition) is 8. The van der Waals surface area contributed by atoms with Gasteiger partial charge in [-0.2, -0.15) is 0 Å². The molecule has 0 aliphatic rings. The number of ether oxygens (including phenoxy) is 4. The normalized spacial score (nSPS) is 10.6. The molecule has 0 aliphatic heterocycles. The molecule has 0 heterocycles. The quantitative estimate of drug-likeness (QED) is 0.361. The summed E-state index contributed by atoms with van der Waals surface area (Å²) in [5.41, 5.74) is -2.44. The smallest absolute Gasteiger partial charge is 0.324 e. The van der Waals surface area contributed by atoms with Crippen LogP contribution in [0.5, 0.6) is 0 Å². The minimum Gasteiger partial charge on any atom is -0.468 e. The molecular formula is C11H15O8. The fourth-order valence-electron chi connectivity index (χ4n) is 1.42. The topological polar surface area (TPSA) is 105 Å². The first-order chi connectivity index (χ1) is 8.80. The Kier molecular flexibility index (Phi) is 5.97. The molecule has 0 saturated carbocycles. The number of carbonyl (C=O) groups is 4. The van der Waals surface area contributed by atoms with Crippen LogP contribution in [0.25, 0.3) is 0 Å². The molecule has 0 spiro atoms. The molecule has 0 unspecified atom stereocenters. The van der Waals surface area contributed by atoms with E-state index in [4.69, 9.17) is 0 Å². The van der Waals surface area contributed by atoms with Crippen LogP contribution in [0.3, 0.4) is 0 Å². The lowest BCUT2D eigenvalue weighted by molar-refractivity contribution is -0.183. The number of rotatable bonds is 5. The third kappa shape index (κ3) is 3.01. The molecule has 0 N–H and O–H groups in total. The van der Waals surface area contributed by atoms with Gasteiger partial charge in [-0.25, -0.2) is 0 Å². The molecule has 107 valence electrons. The Hall–Kier alpha value is -2.12. The average Bonchev–Trinajstić information content (AvgIpc) is 2.44. The molecule has 0 aromatic rings. The number of esters is 4. The van der Waals surface area contributed by atoms with Crippen LogP contribution in [0.2, 0.25) is 0 Å². The maximum absolute atomic E-state index is 11.7. The van der Waals surface area contributed by atoms with Crippen molar-refractivity contribution in [2.45, 2.75) is 0 Å². The fraction of sp³-hybridized carbons (Fsp3) is 0.545. The summed E-state index contributed by atoms with van der Waals surface area (Å²) in [6.45, 7) is 3.30. The first kappa shape index (κ1) is 16.9. The van der Waals surface area contributed by atoms with Crippen LogP contribution in [0.1, 0.15) is 0 Å². The van der Waals surface area contributed by atoms with Crippen molar-refractivity contribution in [2.24, 2.45) is 11.3 Å². The maximum atomic E-state index is 11.7. The zero-order chi connectivity index (χ0) is 15.2. The summed E-state index contributed by atoms with van der Waals surface area (Å²) in [6.07, 6.45) is 0. The van der Waals surface area contributed by atoms with E-state index in [9.17, 15) is 19.2 Å². The molecule has 0 aromatic carbocycles. The van der Waals surface area contributed by atoms with Crippen molar-refractivity contribution in [3.63, 3.8) is 0 Å². The highest BCUT2D eigenvalue weighted by atomic mass is 16.6. The molecule has 0 aromatic heterocycles. The molecule has 0 fully saturated rings. The standard InChI is InChI=1S/C11H15O8/c1-11(9(14)18-4,10(15)19-5)6(7(12)16-2)8(13)17-3/h6H,1H2,2-5H3. The maximum Gasteiger partial charge on any atom is 0.324 e. The van der Waals surface area contributed by atoms with Crippen LogP contribution < -0.4 is 0 Å².